The molecule has 3 rings (SSSR count). The number of carbonyl (C=O) groups excluding carboxylic acids is 2. The molecule has 0 bridgehead atoms. The Labute approximate surface area is 229 Å². The number of aryl methyl sites for hydroxylation is 1. The number of nitrogens with zero attached hydrogens (tertiary/aromatic N) is 1. The molecule has 1 N–H and O–H groups in total. The summed E-state index contributed by atoms with van der Waals surface area (Å²) in [7, 11) is 0. The van der Waals surface area contributed by atoms with Crippen LogP contribution in [0.1, 0.15) is 55.9 Å². The van der Waals surface area contributed by atoms with Crippen molar-refractivity contribution in [1.29, 1.82) is 0 Å². The molecule has 0 saturated carbocycles. The summed E-state index contributed by atoms with van der Waals surface area (Å²) in [6.07, 6.45) is 0.406. The van der Waals surface area contributed by atoms with Gasteiger partial charge in [-0.25, -0.2) is 0 Å². The summed E-state index contributed by atoms with van der Waals surface area (Å²) in [5.74, 6) is 0.554. The van der Waals surface area contributed by atoms with Crippen molar-refractivity contribution in [2.24, 2.45) is 0 Å². The van der Waals surface area contributed by atoms with Crippen LogP contribution in [0.4, 0.5) is 0 Å². The molecule has 0 aromatic heterocycles. The van der Waals surface area contributed by atoms with Gasteiger partial charge >= 0.3 is 0 Å². The Morgan fingerprint density at radius 2 is 1.62 bits per heavy atom. The Balaban J connectivity index is 1.91. The number of nitrogens with one attached hydrogen (secondary N) is 1. The van der Waals surface area contributed by atoms with E-state index in [4.69, 9.17) is 4.74 Å². The van der Waals surface area contributed by atoms with Crippen molar-refractivity contribution >= 4 is 27.7 Å². The molecule has 3 aromatic rings. The maximum Gasteiger partial charge on any atom is 0.261 e. The third-order valence-corrected chi connectivity index (χ3v) is 6.73. The molecule has 2 amide bonds. The van der Waals surface area contributed by atoms with Gasteiger partial charge in [-0.1, -0.05) is 80.1 Å². The monoisotopic (exact) mass is 564 g/mol. The van der Waals surface area contributed by atoms with E-state index < -0.39 is 6.04 Å². The quantitative estimate of drug-likeness (QED) is 0.292. The Morgan fingerprint density at radius 3 is 2.24 bits per heavy atom. The van der Waals surface area contributed by atoms with Crippen molar-refractivity contribution in [3.05, 3.63) is 99.5 Å². The van der Waals surface area contributed by atoms with Gasteiger partial charge in [-0.2, -0.15) is 0 Å². The number of rotatable bonds is 11. The van der Waals surface area contributed by atoms with E-state index in [1.165, 1.54) is 5.56 Å². The minimum Gasteiger partial charge on any atom is -0.483 e. The summed E-state index contributed by atoms with van der Waals surface area (Å²) in [6, 6.07) is 23.0. The smallest absolute Gasteiger partial charge is 0.261 e. The van der Waals surface area contributed by atoms with Crippen LogP contribution in [0.2, 0.25) is 0 Å². The van der Waals surface area contributed by atoms with Crippen LogP contribution in [0.5, 0.6) is 5.75 Å². The number of carbonyl (C=O) groups is 2. The van der Waals surface area contributed by atoms with Crippen LogP contribution >= 0.6 is 15.9 Å². The van der Waals surface area contributed by atoms with Crippen LogP contribution in [-0.4, -0.2) is 35.4 Å². The summed E-state index contributed by atoms with van der Waals surface area (Å²) in [6.45, 7) is 10.3. The molecule has 0 spiro atoms. The summed E-state index contributed by atoms with van der Waals surface area (Å²) >= 11 is 3.57. The van der Waals surface area contributed by atoms with Crippen molar-refractivity contribution in [2.45, 2.75) is 65.6 Å². The van der Waals surface area contributed by atoms with Gasteiger partial charge in [0, 0.05) is 19.0 Å². The van der Waals surface area contributed by atoms with Gasteiger partial charge in [-0.15, -0.1) is 0 Å². The van der Waals surface area contributed by atoms with E-state index in [1.54, 1.807) is 4.90 Å². The van der Waals surface area contributed by atoms with Crippen LogP contribution in [0.15, 0.2) is 77.3 Å². The van der Waals surface area contributed by atoms with Crippen molar-refractivity contribution in [3.63, 3.8) is 0 Å². The number of hydrogen-bond donors (Lipinski definition) is 1. The SMILES string of the molecule is Cc1cccc(CN(C(=O)COc2ccc(C(C)C)cc2Br)[C@H](Cc2ccccc2)C(=O)NC(C)C)c1. The fourth-order valence-corrected chi connectivity index (χ4v) is 4.67. The van der Waals surface area contributed by atoms with Crippen molar-refractivity contribution in [2.75, 3.05) is 6.61 Å². The summed E-state index contributed by atoms with van der Waals surface area (Å²) in [4.78, 5) is 28.8. The lowest BCUT2D eigenvalue weighted by atomic mass is 10.0. The fourth-order valence-electron chi connectivity index (χ4n) is 4.16. The largest absolute Gasteiger partial charge is 0.483 e. The Hall–Kier alpha value is -3.12. The average Bonchev–Trinajstić information content (AvgIpc) is 2.85. The van der Waals surface area contributed by atoms with Crippen LogP contribution in [0, 0.1) is 6.92 Å². The standard InChI is InChI=1S/C31H37BrN2O3/c1-21(2)26-14-15-29(27(32)18-26)37-20-30(35)34(19-25-13-9-10-23(5)16-25)28(31(36)33-22(3)4)17-24-11-7-6-8-12-24/h6-16,18,21-22,28H,17,19-20H2,1-5H3,(H,33,36)/t28-/m1/s1. The van der Waals surface area contributed by atoms with Crippen LogP contribution in [0.25, 0.3) is 0 Å². The van der Waals surface area contributed by atoms with Gasteiger partial charge in [0.1, 0.15) is 11.8 Å². The predicted molar refractivity (Wildman–Crippen MR) is 153 cm³/mol. The molecule has 1 atom stereocenters. The minimum absolute atomic E-state index is 0.0478. The number of hydrogen-bond acceptors (Lipinski definition) is 3. The van der Waals surface area contributed by atoms with Gasteiger partial charge in [-0.05, 0) is 71.4 Å². The molecule has 37 heavy (non-hydrogen) atoms. The summed E-state index contributed by atoms with van der Waals surface area (Å²) < 4.78 is 6.77. The van der Waals surface area contributed by atoms with Gasteiger partial charge in [0.15, 0.2) is 6.61 Å². The molecule has 0 aliphatic rings. The maximum absolute atomic E-state index is 13.7. The Bertz CT molecular complexity index is 1190. The highest BCUT2D eigenvalue weighted by molar-refractivity contribution is 9.10. The van der Waals surface area contributed by atoms with E-state index in [1.807, 2.05) is 93.6 Å². The first kappa shape index (κ1) is 28.5. The highest BCUT2D eigenvalue weighted by Crippen LogP contribution is 2.29. The molecular formula is C31H37BrN2O3. The van der Waals surface area contributed by atoms with Gasteiger partial charge in [0.2, 0.25) is 5.91 Å². The zero-order chi connectivity index (χ0) is 26.9. The third kappa shape index (κ3) is 8.46. The zero-order valence-electron chi connectivity index (χ0n) is 22.3. The van der Waals surface area contributed by atoms with Crippen LogP contribution < -0.4 is 10.1 Å². The van der Waals surface area contributed by atoms with Crippen molar-refractivity contribution < 1.29 is 14.3 Å². The van der Waals surface area contributed by atoms with Gasteiger partial charge in [-0.3, -0.25) is 9.59 Å². The first-order chi connectivity index (χ1) is 17.6. The van der Waals surface area contributed by atoms with E-state index in [0.29, 0.717) is 24.6 Å². The molecule has 0 fully saturated rings. The topological polar surface area (TPSA) is 58.6 Å². The van der Waals surface area contributed by atoms with Crippen LogP contribution in [-0.2, 0) is 22.6 Å². The molecule has 0 radical (unpaired) electrons. The molecule has 0 saturated heterocycles. The lowest BCUT2D eigenvalue weighted by Crippen LogP contribution is -2.52. The molecular weight excluding hydrogens is 528 g/mol. The van der Waals surface area contributed by atoms with E-state index in [9.17, 15) is 9.59 Å². The first-order valence-corrected chi connectivity index (χ1v) is 13.5. The van der Waals surface area contributed by atoms with E-state index >= 15 is 0 Å². The minimum atomic E-state index is -0.687. The van der Waals surface area contributed by atoms with Gasteiger partial charge < -0.3 is 15.0 Å². The van der Waals surface area contributed by atoms with E-state index in [2.05, 4.69) is 35.1 Å². The number of ether oxygens (including phenoxy) is 1. The lowest BCUT2D eigenvalue weighted by molar-refractivity contribution is -0.143. The molecule has 196 valence electrons. The second-order valence-electron chi connectivity index (χ2n) is 10.0. The fraction of sp³-hybridized carbons (Fsp3) is 0.355. The first-order valence-electron chi connectivity index (χ1n) is 12.8. The second-order valence-corrected chi connectivity index (χ2v) is 10.9. The van der Waals surface area contributed by atoms with Gasteiger partial charge in [0.05, 0.1) is 4.47 Å². The second kappa shape index (κ2) is 13.4. The molecule has 0 heterocycles. The summed E-state index contributed by atoms with van der Waals surface area (Å²) in [5.41, 5.74) is 4.23. The predicted octanol–water partition coefficient (Wildman–Crippen LogP) is 6.42. The molecule has 6 heteroatoms. The Morgan fingerprint density at radius 1 is 0.919 bits per heavy atom. The Kier molecular flexibility index (Phi) is 10.3. The lowest BCUT2D eigenvalue weighted by Gasteiger charge is -2.32. The summed E-state index contributed by atoms with van der Waals surface area (Å²) in [5, 5.41) is 3.01. The normalized spacial score (nSPS) is 11.9. The molecule has 0 unspecified atom stereocenters. The molecule has 5 nitrogen and oxygen atoms in total. The number of halogens is 1. The van der Waals surface area contributed by atoms with Crippen LogP contribution in [0.3, 0.4) is 0 Å². The highest BCUT2D eigenvalue weighted by atomic mass is 79.9. The molecule has 3 aromatic carbocycles. The van der Waals surface area contributed by atoms with Gasteiger partial charge in [0.25, 0.3) is 5.91 Å². The third-order valence-electron chi connectivity index (χ3n) is 6.11. The zero-order valence-corrected chi connectivity index (χ0v) is 23.9. The number of benzene rings is 3. The van der Waals surface area contributed by atoms with Crippen molar-refractivity contribution in [1.82, 2.24) is 10.2 Å². The highest BCUT2D eigenvalue weighted by Gasteiger charge is 2.31. The van der Waals surface area contributed by atoms with E-state index in [0.717, 1.165) is 21.2 Å². The van der Waals surface area contributed by atoms with Crippen molar-refractivity contribution in [3.8, 4) is 5.75 Å². The van der Waals surface area contributed by atoms with E-state index in [-0.39, 0.29) is 24.5 Å². The molecule has 0 aliphatic heterocycles. The number of amides is 2. The molecule has 0 aliphatic carbocycles. The average molecular weight is 566 g/mol. The maximum atomic E-state index is 13.7.